The topological polar surface area (TPSA) is 12.5 Å². The number of piperidine rings is 1. The second-order valence-corrected chi connectivity index (χ2v) is 4.58. The van der Waals surface area contributed by atoms with Crippen LogP contribution in [0.4, 0.5) is 0 Å². The summed E-state index contributed by atoms with van der Waals surface area (Å²) in [5.74, 6) is 0.987. The van der Waals surface area contributed by atoms with Gasteiger partial charge in [0.25, 0.3) is 0 Å². The highest BCUT2D eigenvalue weighted by Crippen LogP contribution is 2.18. The molecular formula is C14H21NO. The third-order valence-corrected chi connectivity index (χ3v) is 3.38. The molecule has 0 spiro atoms. The zero-order valence-electron chi connectivity index (χ0n) is 10.1. The van der Waals surface area contributed by atoms with Gasteiger partial charge in [-0.1, -0.05) is 24.6 Å². The van der Waals surface area contributed by atoms with Crippen molar-refractivity contribution in [1.29, 1.82) is 0 Å². The Hall–Kier alpha value is -1.02. The van der Waals surface area contributed by atoms with E-state index in [-0.39, 0.29) is 0 Å². The first kappa shape index (κ1) is 11.5. The number of rotatable bonds is 4. The largest absolute Gasteiger partial charge is 0.494 e. The quantitative estimate of drug-likeness (QED) is 0.772. The van der Waals surface area contributed by atoms with Crippen LogP contribution in [-0.2, 0) is 0 Å². The smallest absolute Gasteiger partial charge is 0.119 e. The molecule has 0 saturated carbocycles. The normalized spacial score (nSPS) is 21.9. The van der Waals surface area contributed by atoms with Crippen molar-refractivity contribution in [3.05, 3.63) is 30.3 Å². The van der Waals surface area contributed by atoms with Crippen LogP contribution in [0.3, 0.4) is 0 Å². The molecule has 2 nitrogen and oxygen atoms in total. The molecule has 1 fully saturated rings. The summed E-state index contributed by atoms with van der Waals surface area (Å²) in [7, 11) is 2.23. The van der Waals surface area contributed by atoms with Crippen LogP contribution < -0.4 is 4.74 Å². The molecule has 1 aromatic carbocycles. The predicted molar refractivity (Wildman–Crippen MR) is 66.8 cm³/mol. The first-order chi connectivity index (χ1) is 7.86. The van der Waals surface area contributed by atoms with Crippen LogP contribution in [0.1, 0.15) is 25.7 Å². The standard InChI is InChI=1S/C14H21NO/c1-15-11-6-5-7-13(15)10-12-16-14-8-3-2-4-9-14/h2-4,8-9,13H,5-7,10-12H2,1H3. The Morgan fingerprint density at radius 2 is 2.06 bits per heavy atom. The molecule has 1 saturated heterocycles. The van der Waals surface area contributed by atoms with Crippen LogP contribution >= 0.6 is 0 Å². The minimum absolute atomic E-state index is 0.720. The van der Waals surface area contributed by atoms with Gasteiger partial charge in [0, 0.05) is 6.04 Å². The molecule has 1 aromatic rings. The Morgan fingerprint density at radius 1 is 1.25 bits per heavy atom. The molecule has 0 aliphatic carbocycles. The third-order valence-electron chi connectivity index (χ3n) is 3.38. The monoisotopic (exact) mass is 219 g/mol. The average Bonchev–Trinajstić information content (AvgIpc) is 2.33. The van der Waals surface area contributed by atoms with E-state index >= 15 is 0 Å². The number of hydrogen-bond donors (Lipinski definition) is 0. The van der Waals surface area contributed by atoms with Crippen molar-refractivity contribution in [2.45, 2.75) is 31.7 Å². The second kappa shape index (κ2) is 5.90. The minimum atomic E-state index is 0.720. The van der Waals surface area contributed by atoms with Crippen molar-refractivity contribution >= 4 is 0 Å². The van der Waals surface area contributed by atoms with Gasteiger partial charge in [0.05, 0.1) is 6.61 Å². The Bertz CT molecular complexity index is 299. The van der Waals surface area contributed by atoms with Crippen molar-refractivity contribution in [3.8, 4) is 5.75 Å². The maximum atomic E-state index is 5.73. The molecule has 1 atom stereocenters. The van der Waals surface area contributed by atoms with E-state index in [1.807, 2.05) is 30.3 Å². The van der Waals surface area contributed by atoms with Gasteiger partial charge >= 0.3 is 0 Å². The zero-order chi connectivity index (χ0) is 11.2. The average molecular weight is 219 g/mol. The second-order valence-electron chi connectivity index (χ2n) is 4.58. The van der Waals surface area contributed by atoms with Gasteiger partial charge in [-0.05, 0) is 45.0 Å². The van der Waals surface area contributed by atoms with Crippen molar-refractivity contribution in [2.24, 2.45) is 0 Å². The van der Waals surface area contributed by atoms with E-state index in [1.165, 1.54) is 25.8 Å². The highest BCUT2D eigenvalue weighted by molar-refractivity contribution is 5.20. The molecule has 2 rings (SSSR count). The Balaban J connectivity index is 1.71. The summed E-state index contributed by atoms with van der Waals surface area (Å²) >= 11 is 0. The lowest BCUT2D eigenvalue weighted by atomic mass is 10.0. The molecular weight excluding hydrogens is 198 g/mol. The van der Waals surface area contributed by atoms with E-state index in [4.69, 9.17) is 4.74 Å². The summed E-state index contributed by atoms with van der Waals surface area (Å²) in [5.41, 5.74) is 0. The van der Waals surface area contributed by atoms with Crippen molar-refractivity contribution < 1.29 is 4.74 Å². The van der Waals surface area contributed by atoms with E-state index in [0.29, 0.717) is 0 Å². The summed E-state index contributed by atoms with van der Waals surface area (Å²) in [6.45, 7) is 2.08. The van der Waals surface area contributed by atoms with Gasteiger partial charge in [-0.2, -0.15) is 0 Å². The van der Waals surface area contributed by atoms with E-state index in [0.717, 1.165) is 24.8 Å². The summed E-state index contributed by atoms with van der Waals surface area (Å²) in [6.07, 6.45) is 5.20. The van der Waals surface area contributed by atoms with Crippen LogP contribution in [0.15, 0.2) is 30.3 Å². The summed E-state index contributed by atoms with van der Waals surface area (Å²) in [6, 6.07) is 10.8. The maximum absolute atomic E-state index is 5.73. The van der Waals surface area contributed by atoms with Crippen LogP contribution in [-0.4, -0.2) is 31.1 Å². The molecule has 0 bridgehead atoms. The van der Waals surface area contributed by atoms with Gasteiger partial charge < -0.3 is 9.64 Å². The Morgan fingerprint density at radius 3 is 2.81 bits per heavy atom. The van der Waals surface area contributed by atoms with Crippen LogP contribution in [0, 0.1) is 0 Å². The predicted octanol–water partition coefficient (Wildman–Crippen LogP) is 2.94. The van der Waals surface area contributed by atoms with Gasteiger partial charge in [0.1, 0.15) is 5.75 Å². The number of hydrogen-bond acceptors (Lipinski definition) is 2. The number of benzene rings is 1. The van der Waals surface area contributed by atoms with E-state index < -0.39 is 0 Å². The zero-order valence-corrected chi connectivity index (χ0v) is 10.1. The summed E-state index contributed by atoms with van der Waals surface area (Å²) in [4.78, 5) is 2.47. The fraction of sp³-hybridized carbons (Fsp3) is 0.571. The molecule has 1 aliphatic rings. The van der Waals surface area contributed by atoms with Gasteiger partial charge in [0.15, 0.2) is 0 Å². The first-order valence-corrected chi connectivity index (χ1v) is 6.24. The lowest BCUT2D eigenvalue weighted by Crippen LogP contribution is -2.37. The Labute approximate surface area is 98.2 Å². The number of likely N-dealkylation sites (tertiary alicyclic amines) is 1. The summed E-state index contributed by atoms with van der Waals surface area (Å²) in [5, 5.41) is 0. The lowest BCUT2D eigenvalue weighted by Gasteiger charge is -2.32. The molecule has 1 heterocycles. The molecule has 16 heavy (non-hydrogen) atoms. The van der Waals surface area contributed by atoms with Crippen LogP contribution in [0.2, 0.25) is 0 Å². The van der Waals surface area contributed by atoms with E-state index in [2.05, 4.69) is 11.9 Å². The van der Waals surface area contributed by atoms with Crippen molar-refractivity contribution in [1.82, 2.24) is 4.90 Å². The van der Waals surface area contributed by atoms with Crippen LogP contribution in [0.25, 0.3) is 0 Å². The fourth-order valence-electron chi connectivity index (χ4n) is 2.34. The minimum Gasteiger partial charge on any atom is -0.494 e. The maximum Gasteiger partial charge on any atom is 0.119 e. The van der Waals surface area contributed by atoms with Gasteiger partial charge in [-0.3, -0.25) is 0 Å². The Kier molecular flexibility index (Phi) is 4.23. The van der Waals surface area contributed by atoms with E-state index in [1.54, 1.807) is 0 Å². The molecule has 0 amide bonds. The molecule has 1 aliphatic heterocycles. The number of nitrogens with zero attached hydrogens (tertiary/aromatic N) is 1. The van der Waals surface area contributed by atoms with Crippen LogP contribution in [0.5, 0.6) is 5.75 Å². The lowest BCUT2D eigenvalue weighted by molar-refractivity contribution is 0.153. The first-order valence-electron chi connectivity index (χ1n) is 6.24. The van der Waals surface area contributed by atoms with Crippen molar-refractivity contribution in [3.63, 3.8) is 0 Å². The summed E-state index contributed by atoms with van der Waals surface area (Å²) < 4.78 is 5.73. The van der Waals surface area contributed by atoms with Gasteiger partial charge in [0.2, 0.25) is 0 Å². The molecule has 2 heteroatoms. The fourth-order valence-corrected chi connectivity index (χ4v) is 2.34. The number of ether oxygens (including phenoxy) is 1. The molecule has 88 valence electrons. The highest BCUT2D eigenvalue weighted by Gasteiger charge is 2.18. The molecule has 0 N–H and O–H groups in total. The van der Waals surface area contributed by atoms with Crippen molar-refractivity contribution in [2.75, 3.05) is 20.2 Å². The molecule has 0 aromatic heterocycles. The molecule has 1 unspecified atom stereocenters. The molecule has 0 radical (unpaired) electrons. The van der Waals surface area contributed by atoms with Gasteiger partial charge in [-0.15, -0.1) is 0 Å². The SMILES string of the molecule is CN1CCCCC1CCOc1ccccc1. The number of para-hydroxylation sites is 1. The third kappa shape index (κ3) is 3.24. The van der Waals surface area contributed by atoms with Gasteiger partial charge in [-0.25, -0.2) is 0 Å². The highest BCUT2D eigenvalue weighted by atomic mass is 16.5. The van der Waals surface area contributed by atoms with E-state index in [9.17, 15) is 0 Å².